The van der Waals surface area contributed by atoms with E-state index in [1.165, 1.54) is 19.3 Å². The number of hydrogen-bond donors (Lipinski definition) is 0. The van der Waals surface area contributed by atoms with Crippen molar-refractivity contribution in [1.29, 1.82) is 0 Å². The fourth-order valence-electron chi connectivity index (χ4n) is 4.08. The molecule has 0 bridgehead atoms. The van der Waals surface area contributed by atoms with Crippen LogP contribution in [-0.4, -0.2) is 43.8 Å². The van der Waals surface area contributed by atoms with Gasteiger partial charge >= 0.3 is 0 Å². The summed E-state index contributed by atoms with van der Waals surface area (Å²) in [6, 6.07) is 6.22. The molecule has 1 aliphatic carbocycles. The maximum absolute atomic E-state index is 13.2. The van der Waals surface area contributed by atoms with Gasteiger partial charge in [0.15, 0.2) is 11.5 Å². The lowest BCUT2D eigenvalue weighted by Crippen LogP contribution is -2.47. The second-order valence-electron chi connectivity index (χ2n) is 7.30. The van der Waals surface area contributed by atoms with E-state index in [1.807, 2.05) is 18.2 Å². The smallest absolute Gasteiger partial charge is 0.252 e. The molecule has 1 amide bonds. The Morgan fingerprint density at radius 2 is 1.77 bits per heavy atom. The zero-order valence-corrected chi connectivity index (χ0v) is 16.0. The number of amides is 1. The molecular formula is C21H31NO4. The molecule has 0 unspecified atom stereocenters. The first-order valence-corrected chi connectivity index (χ1v) is 9.86. The van der Waals surface area contributed by atoms with Gasteiger partial charge < -0.3 is 19.1 Å². The number of carbonyl (C=O) groups excluding carboxylic acids is 1. The van der Waals surface area contributed by atoms with E-state index in [0.717, 1.165) is 37.7 Å². The van der Waals surface area contributed by atoms with Crippen LogP contribution in [0.3, 0.4) is 0 Å². The molecule has 1 saturated heterocycles. The van der Waals surface area contributed by atoms with Crippen molar-refractivity contribution in [2.24, 2.45) is 0 Å². The van der Waals surface area contributed by atoms with Gasteiger partial charge in [-0.05, 0) is 49.8 Å². The quantitative estimate of drug-likeness (QED) is 0.770. The van der Waals surface area contributed by atoms with Crippen LogP contribution in [0.2, 0.25) is 0 Å². The Bertz CT molecular complexity index is 592. The average Bonchev–Trinajstić information content (AvgIpc) is 2.72. The van der Waals surface area contributed by atoms with Crippen LogP contribution in [0.4, 0.5) is 0 Å². The summed E-state index contributed by atoms with van der Waals surface area (Å²) in [5, 5.41) is 0. The molecule has 3 rings (SSSR count). The van der Waals surface area contributed by atoms with Gasteiger partial charge in [0, 0.05) is 19.2 Å². The molecule has 0 spiro atoms. The number of ether oxygens (including phenoxy) is 3. The van der Waals surface area contributed by atoms with E-state index in [1.54, 1.807) is 14.2 Å². The van der Waals surface area contributed by atoms with Gasteiger partial charge in [-0.1, -0.05) is 25.3 Å². The molecule has 0 N–H and O–H groups in total. The highest BCUT2D eigenvalue weighted by atomic mass is 16.5. The summed E-state index contributed by atoms with van der Waals surface area (Å²) in [7, 11) is 3.28. The minimum atomic E-state index is -0.272. The van der Waals surface area contributed by atoms with Gasteiger partial charge in [0.05, 0.1) is 14.2 Å². The van der Waals surface area contributed by atoms with Gasteiger partial charge in [-0.3, -0.25) is 4.79 Å². The van der Waals surface area contributed by atoms with Crippen molar-refractivity contribution in [3.8, 4) is 11.5 Å². The highest BCUT2D eigenvalue weighted by Crippen LogP contribution is 2.31. The zero-order chi connectivity index (χ0) is 18.4. The Balaban J connectivity index is 1.79. The zero-order valence-electron chi connectivity index (χ0n) is 16.0. The van der Waals surface area contributed by atoms with Crippen molar-refractivity contribution in [2.75, 3.05) is 20.8 Å². The number of rotatable bonds is 6. The SMILES string of the molecule is COc1ccc(CN(C(=O)[C@H]2CCCCO2)C2CCCCC2)cc1OC. The van der Waals surface area contributed by atoms with E-state index in [-0.39, 0.29) is 12.0 Å². The van der Waals surface area contributed by atoms with E-state index in [2.05, 4.69) is 4.90 Å². The van der Waals surface area contributed by atoms with Crippen molar-refractivity contribution in [3.05, 3.63) is 23.8 Å². The van der Waals surface area contributed by atoms with E-state index >= 15 is 0 Å². The first-order chi connectivity index (χ1) is 12.7. The summed E-state index contributed by atoms with van der Waals surface area (Å²) < 4.78 is 16.6. The van der Waals surface area contributed by atoms with Crippen molar-refractivity contribution < 1.29 is 19.0 Å². The predicted octanol–water partition coefficient (Wildman–Crippen LogP) is 3.93. The number of methoxy groups -OCH3 is 2. The maximum atomic E-state index is 13.2. The van der Waals surface area contributed by atoms with Crippen molar-refractivity contribution in [2.45, 2.75) is 70.1 Å². The number of hydrogen-bond acceptors (Lipinski definition) is 4. The molecule has 144 valence electrons. The topological polar surface area (TPSA) is 48.0 Å². The van der Waals surface area contributed by atoms with E-state index in [4.69, 9.17) is 14.2 Å². The number of benzene rings is 1. The molecule has 0 radical (unpaired) electrons. The van der Waals surface area contributed by atoms with E-state index < -0.39 is 0 Å². The Morgan fingerprint density at radius 3 is 2.42 bits per heavy atom. The minimum Gasteiger partial charge on any atom is -0.493 e. The molecule has 1 aromatic rings. The summed E-state index contributed by atoms with van der Waals surface area (Å²) in [4.78, 5) is 15.3. The third-order valence-electron chi connectivity index (χ3n) is 5.55. The first kappa shape index (κ1) is 19.0. The predicted molar refractivity (Wildman–Crippen MR) is 101 cm³/mol. The molecule has 1 aromatic carbocycles. The molecule has 0 aromatic heterocycles. The average molecular weight is 361 g/mol. The second kappa shape index (κ2) is 9.26. The molecule has 5 heteroatoms. The number of nitrogens with zero attached hydrogens (tertiary/aromatic N) is 1. The maximum Gasteiger partial charge on any atom is 0.252 e. The molecule has 1 heterocycles. The number of carbonyl (C=O) groups is 1. The van der Waals surface area contributed by atoms with Gasteiger partial charge in [-0.2, -0.15) is 0 Å². The van der Waals surface area contributed by atoms with Crippen molar-refractivity contribution in [3.63, 3.8) is 0 Å². The normalized spacial score (nSPS) is 21.2. The third kappa shape index (κ3) is 4.50. The van der Waals surface area contributed by atoms with Gasteiger partial charge in [0.25, 0.3) is 5.91 Å². The summed E-state index contributed by atoms with van der Waals surface area (Å²) in [6.07, 6.45) is 8.55. The fourth-order valence-corrected chi connectivity index (χ4v) is 4.08. The second-order valence-corrected chi connectivity index (χ2v) is 7.30. The largest absolute Gasteiger partial charge is 0.493 e. The first-order valence-electron chi connectivity index (χ1n) is 9.86. The molecular weight excluding hydrogens is 330 g/mol. The van der Waals surface area contributed by atoms with Crippen LogP contribution in [-0.2, 0) is 16.1 Å². The molecule has 1 atom stereocenters. The lowest BCUT2D eigenvalue weighted by Gasteiger charge is -2.37. The molecule has 1 saturated carbocycles. The van der Waals surface area contributed by atoms with Crippen LogP contribution in [0.15, 0.2) is 18.2 Å². The summed E-state index contributed by atoms with van der Waals surface area (Å²) in [5.41, 5.74) is 1.07. The van der Waals surface area contributed by atoms with Crippen LogP contribution in [0.25, 0.3) is 0 Å². The Labute approximate surface area is 156 Å². The monoisotopic (exact) mass is 361 g/mol. The van der Waals surface area contributed by atoms with E-state index in [9.17, 15) is 4.79 Å². The fraction of sp³-hybridized carbons (Fsp3) is 0.667. The molecule has 2 aliphatic rings. The van der Waals surface area contributed by atoms with Crippen molar-refractivity contribution >= 4 is 5.91 Å². The standard InChI is InChI=1S/C21H31NO4/c1-24-18-12-11-16(14-20(18)25-2)15-22(17-8-4-3-5-9-17)21(23)19-10-6-7-13-26-19/h11-12,14,17,19H,3-10,13,15H2,1-2H3/t19-/m1/s1. The Morgan fingerprint density at radius 1 is 1.04 bits per heavy atom. The van der Waals surface area contributed by atoms with Crippen LogP contribution in [0, 0.1) is 0 Å². The lowest BCUT2D eigenvalue weighted by molar-refractivity contribution is -0.150. The minimum absolute atomic E-state index is 0.159. The van der Waals surface area contributed by atoms with Gasteiger partial charge in [-0.25, -0.2) is 0 Å². The lowest BCUT2D eigenvalue weighted by atomic mass is 9.93. The Kier molecular flexibility index (Phi) is 6.78. The van der Waals surface area contributed by atoms with Crippen LogP contribution in [0.5, 0.6) is 11.5 Å². The van der Waals surface area contributed by atoms with Crippen molar-refractivity contribution in [1.82, 2.24) is 4.90 Å². The van der Waals surface area contributed by atoms with Gasteiger partial charge in [0.2, 0.25) is 0 Å². The van der Waals surface area contributed by atoms with E-state index in [0.29, 0.717) is 30.7 Å². The summed E-state index contributed by atoms with van der Waals surface area (Å²) in [6.45, 7) is 1.30. The van der Waals surface area contributed by atoms with Gasteiger partial charge in [0.1, 0.15) is 6.10 Å². The Hall–Kier alpha value is -1.75. The highest BCUT2D eigenvalue weighted by molar-refractivity contribution is 5.81. The highest BCUT2D eigenvalue weighted by Gasteiger charge is 2.32. The molecule has 26 heavy (non-hydrogen) atoms. The molecule has 2 fully saturated rings. The third-order valence-corrected chi connectivity index (χ3v) is 5.55. The molecule has 1 aliphatic heterocycles. The summed E-state index contributed by atoms with van der Waals surface area (Å²) >= 11 is 0. The molecule has 5 nitrogen and oxygen atoms in total. The van der Waals surface area contributed by atoms with Crippen LogP contribution in [0.1, 0.15) is 56.9 Å². The van der Waals surface area contributed by atoms with Gasteiger partial charge in [-0.15, -0.1) is 0 Å². The van der Waals surface area contributed by atoms with Crippen LogP contribution >= 0.6 is 0 Å². The van der Waals surface area contributed by atoms with Crippen LogP contribution < -0.4 is 9.47 Å². The summed E-state index contributed by atoms with van der Waals surface area (Å²) in [5.74, 6) is 1.57.